The van der Waals surface area contributed by atoms with Crippen molar-refractivity contribution in [3.05, 3.63) is 71.0 Å². The maximum Gasteiger partial charge on any atom is 0.252 e. The number of aliphatic hydroxyl groups excluding tert-OH is 1. The molecule has 9 nitrogen and oxygen atoms in total. The molecule has 0 saturated heterocycles. The highest BCUT2D eigenvalue weighted by Crippen LogP contribution is 2.42. The van der Waals surface area contributed by atoms with E-state index < -0.39 is 11.6 Å². The minimum atomic E-state index is -1.07. The first-order valence-electron chi connectivity index (χ1n) is 11.2. The minimum Gasteiger partial charge on any atom is -0.497 e. The van der Waals surface area contributed by atoms with E-state index in [1.807, 2.05) is 18.2 Å². The summed E-state index contributed by atoms with van der Waals surface area (Å²) in [5.41, 5.74) is 1.77. The Morgan fingerprint density at radius 2 is 1.89 bits per heavy atom. The van der Waals surface area contributed by atoms with Gasteiger partial charge in [0.2, 0.25) is 0 Å². The van der Waals surface area contributed by atoms with Crippen molar-refractivity contribution in [2.75, 3.05) is 31.5 Å². The highest BCUT2D eigenvalue weighted by atomic mass is 35.5. The zero-order chi connectivity index (χ0) is 25.4. The number of H-pyrrole nitrogens is 1. The van der Waals surface area contributed by atoms with Gasteiger partial charge in [0.05, 0.1) is 41.7 Å². The fourth-order valence-corrected chi connectivity index (χ4v) is 4.58. The summed E-state index contributed by atoms with van der Waals surface area (Å²) in [4.78, 5) is 20.2. The van der Waals surface area contributed by atoms with Crippen LogP contribution in [-0.2, 0) is 9.53 Å². The number of aromatic amines is 1. The van der Waals surface area contributed by atoms with Crippen LogP contribution >= 0.6 is 11.6 Å². The average Bonchev–Trinajstić information content (AvgIpc) is 3.30. The SMILES string of the molecule is COC[C@]1(C)Nc2c(cnc3[nH]cc(C(O)c4ccc(Oc5cccc(OC)c5)cc4Cl)c23)NC1=O. The normalized spacial score (nSPS) is 17.8. The molecule has 0 aliphatic carbocycles. The second-order valence-electron chi connectivity index (χ2n) is 8.73. The van der Waals surface area contributed by atoms with Gasteiger partial charge in [0.25, 0.3) is 5.91 Å². The van der Waals surface area contributed by atoms with Crippen LogP contribution in [0.3, 0.4) is 0 Å². The maximum absolute atomic E-state index is 12.7. The zero-order valence-corrected chi connectivity index (χ0v) is 20.6. The van der Waals surface area contributed by atoms with Gasteiger partial charge in [0.15, 0.2) is 0 Å². The van der Waals surface area contributed by atoms with Gasteiger partial charge in [-0.05, 0) is 31.2 Å². The maximum atomic E-state index is 12.7. The zero-order valence-electron chi connectivity index (χ0n) is 19.9. The number of aliphatic hydroxyl groups is 1. The summed E-state index contributed by atoms with van der Waals surface area (Å²) < 4.78 is 16.4. The minimum absolute atomic E-state index is 0.158. The molecule has 0 radical (unpaired) electrons. The smallest absolute Gasteiger partial charge is 0.252 e. The van der Waals surface area contributed by atoms with E-state index in [9.17, 15) is 9.90 Å². The summed E-state index contributed by atoms with van der Waals surface area (Å²) in [7, 11) is 3.12. The molecule has 0 bridgehead atoms. The van der Waals surface area contributed by atoms with Crippen LogP contribution in [-0.4, -0.2) is 47.3 Å². The molecule has 5 rings (SSSR count). The molecule has 4 N–H and O–H groups in total. The van der Waals surface area contributed by atoms with Gasteiger partial charge in [-0.1, -0.05) is 23.7 Å². The molecule has 2 aromatic carbocycles. The lowest BCUT2D eigenvalue weighted by Crippen LogP contribution is -2.53. The molecule has 1 unspecified atom stereocenters. The lowest BCUT2D eigenvalue weighted by molar-refractivity contribution is -0.121. The van der Waals surface area contributed by atoms with E-state index in [1.165, 1.54) is 7.11 Å². The number of hydrogen-bond acceptors (Lipinski definition) is 7. The molecule has 186 valence electrons. The topological polar surface area (TPSA) is 118 Å². The molecule has 3 heterocycles. The number of rotatable bonds is 7. The summed E-state index contributed by atoms with van der Waals surface area (Å²) in [6.07, 6.45) is 2.18. The van der Waals surface area contributed by atoms with Crippen molar-refractivity contribution in [2.24, 2.45) is 0 Å². The predicted molar refractivity (Wildman–Crippen MR) is 137 cm³/mol. The van der Waals surface area contributed by atoms with E-state index in [2.05, 4.69) is 20.6 Å². The highest BCUT2D eigenvalue weighted by Gasteiger charge is 2.39. The number of nitrogens with zero attached hydrogens (tertiary/aromatic N) is 1. The Kier molecular flexibility index (Phi) is 6.21. The van der Waals surface area contributed by atoms with Crippen LogP contribution in [0.25, 0.3) is 11.0 Å². The van der Waals surface area contributed by atoms with E-state index >= 15 is 0 Å². The molecule has 10 heteroatoms. The second-order valence-corrected chi connectivity index (χ2v) is 9.13. The Labute approximate surface area is 212 Å². The van der Waals surface area contributed by atoms with Crippen LogP contribution in [0.4, 0.5) is 11.4 Å². The van der Waals surface area contributed by atoms with Crippen LogP contribution in [0.2, 0.25) is 5.02 Å². The molecular weight excluding hydrogens is 484 g/mol. The van der Waals surface area contributed by atoms with Crippen LogP contribution in [0.5, 0.6) is 17.2 Å². The first-order chi connectivity index (χ1) is 17.3. The van der Waals surface area contributed by atoms with Crippen molar-refractivity contribution in [1.82, 2.24) is 9.97 Å². The number of hydrogen-bond donors (Lipinski definition) is 4. The Morgan fingerprint density at radius 3 is 2.64 bits per heavy atom. The lowest BCUT2D eigenvalue weighted by atomic mass is 9.95. The Bertz CT molecular complexity index is 1460. The predicted octanol–water partition coefficient (Wildman–Crippen LogP) is 4.87. The van der Waals surface area contributed by atoms with Gasteiger partial charge < -0.3 is 34.9 Å². The van der Waals surface area contributed by atoms with Gasteiger partial charge >= 0.3 is 0 Å². The Balaban J connectivity index is 1.49. The first-order valence-corrected chi connectivity index (χ1v) is 11.6. The number of anilines is 2. The summed E-state index contributed by atoms with van der Waals surface area (Å²) >= 11 is 6.59. The summed E-state index contributed by atoms with van der Waals surface area (Å²) in [6, 6.07) is 12.3. The fraction of sp³-hybridized carbons (Fsp3) is 0.231. The number of aromatic nitrogens is 2. The molecule has 4 aromatic rings. The summed E-state index contributed by atoms with van der Waals surface area (Å²) in [6.45, 7) is 1.91. The average molecular weight is 509 g/mol. The van der Waals surface area contributed by atoms with E-state index in [-0.39, 0.29) is 12.5 Å². The van der Waals surface area contributed by atoms with Gasteiger partial charge in [-0.2, -0.15) is 0 Å². The van der Waals surface area contributed by atoms with E-state index in [1.54, 1.807) is 50.7 Å². The van der Waals surface area contributed by atoms with Crippen LogP contribution in [0.15, 0.2) is 54.9 Å². The molecule has 0 spiro atoms. The number of ether oxygens (including phenoxy) is 3. The summed E-state index contributed by atoms with van der Waals surface area (Å²) in [5, 5.41) is 18.5. The van der Waals surface area contributed by atoms with Crippen molar-refractivity contribution in [3.63, 3.8) is 0 Å². The van der Waals surface area contributed by atoms with E-state index in [4.69, 9.17) is 25.8 Å². The number of fused-ring (bicyclic) bond motifs is 3. The lowest BCUT2D eigenvalue weighted by Gasteiger charge is -2.35. The number of carbonyl (C=O) groups is 1. The van der Waals surface area contributed by atoms with Crippen LogP contribution in [0, 0.1) is 0 Å². The molecule has 2 atom stereocenters. The van der Waals surface area contributed by atoms with Gasteiger partial charge in [0.1, 0.15) is 34.5 Å². The number of carbonyl (C=O) groups excluding carboxylic acids is 1. The van der Waals surface area contributed by atoms with Crippen LogP contribution < -0.4 is 20.1 Å². The van der Waals surface area contributed by atoms with Crippen molar-refractivity contribution in [1.29, 1.82) is 0 Å². The number of amides is 1. The summed E-state index contributed by atoms with van der Waals surface area (Å²) in [5.74, 6) is 1.56. The van der Waals surface area contributed by atoms with Crippen molar-refractivity contribution in [2.45, 2.75) is 18.6 Å². The third kappa shape index (κ3) is 4.21. The quantitative estimate of drug-likeness (QED) is 0.281. The Morgan fingerprint density at radius 1 is 1.11 bits per heavy atom. The largest absolute Gasteiger partial charge is 0.497 e. The monoisotopic (exact) mass is 508 g/mol. The number of methoxy groups -OCH3 is 2. The second kappa shape index (κ2) is 9.34. The third-order valence-corrected chi connectivity index (χ3v) is 6.48. The third-order valence-electron chi connectivity index (χ3n) is 6.15. The molecule has 1 aliphatic rings. The molecule has 2 aromatic heterocycles. The fourth-order valence-electron chi connectivity index (χ4n) is 4.30. The van der Waals surface area contributed by atoms with Crippen molar-refractivity contribution >= 4 is 39.9 Å². The van der Waals surface area contributed by atoms with Gasteiger partial charge in [-0.3, -0.25) is 4.79 Å². The van der Waals surface area contributed by atoms with Crippen molar-refractivity contribution < 1.29 is 24.1 Å². The van der Waals surface area contributed by atoms with Gasteiger partial charge in [-0.25, -0.2) is 4.98 Å². The molecule has 1 amide bonds. The number of pyridine rings is 1. The standard InChI is InChI=1S/C26H25ClN4O5/c1-26(13-34-2)25(33)30-20-12-29-24-21(22(20)31-26)18(11-28-24)23(32)17-8-7-16(10-19(17)27)36-15-6-4-5-14(9-15)35-3/h4-12,23,31-32H,13H2,1-3H3,(H,28,29)(H,30,33)/t23?,26-/m0/s1. The van der Waals surface area contributed by atoms with Gasteiger partial charge in [-0.15, -0.1) is 0 Å². The molecule has 36 heavy (non-hydrogen) atoms. The number of nitrogens with one attached hydrogen (secondary N) is 3. The molecule has 1 aliphatic heterocycles. The number of benzene rings is 2. The van der Waals surface area contributed by atoms with E-state index in [0.717, 1.165) is 0 Å². The molecule has 0 fully saturated rings. The highest BCUT2D eigenvalue weighted by molar-refractivity contribution is 6.31. The first kappa shape index (κ1) is 23.9. The van der Waals surface area contributed by atoms with Crippen LogP contribution in [0.1, 0.15) is 24.2 Å². The Hall–Kier alpha value is -3.79. The van der Waals surface area contributed by atoms with Gasteiger partial charge in [0, 0.05) is 30.5 Å². The number of halogens is 1. The molecular formula is C26H25ClN4O5. The van der Waals surface area contributed by atoms with E-state index in [0.29, 0.717) is 55.8 Å². The molecule has 0 saturated carbocycles. The van der Waals surface area contributed by atoms with Crippen molar-refractivity contribution in [3.8, 4) is 17.2 Å².